The van der Waals surface area contributed by atoms with Crippen molar-refractivity contribution in [2.75, 3.05) is 0 Å². The largest absolute Gasteiger partial charge is 0.456 e. The van der Waals surface area contributed by atoms with Gasteiger partial charge in [0.1, 0.15) is 11.2 Å². The number of nitrogens with zero attached hydrogens (tertiary/aromatic N) is 3. The van der Waals surface area contributed by atoms with Crippen molar-refractivity contribution in [2.45, 2.75) is 0 Å². The van der Waals surface area contributed by atoms with Gasteiger partial charge in [-0.2, -0.15) is 0 Å². The number of hydrogen-bond donors (Lipinski definition) is 0. The Labute approximate surface area is 292 Å². The van der Waals surface area contributed by atoms with Crippen LogP contribution in [0, 0.1) is 0 Å². The van der Waals surface area contributed by atoms with E-state index in [0.29, 0.717) is 17.5 Å². The van der Waals surface area contributed by atoms with Crippen LogP contribution in [-0.2, 0) is 0 Å². The van der Waals surface area contributed by atoms with Crippen LogP contribution in [0.25, 0.3) is 98.5 Å². The molecule has 3 heterocycles. The van der Waals surface area contributed by atoms with E-state index in [1.807, 2.05) is 48.5 Å². The van der Waals surface area contributed by atoms with Gasteiger partial charge in [-0.3, -0.25) is 0 Å². The molecule has 0 spiro atoms. The van der Waals surface area contributed by atoms with Crippen LogP contribution in [0.1, 0.15) is 0 Å². The number of rotatable bonds is 5. The first-order valence-electron chi connectivity index (χ1n) is 16.6. The molecule has 0 aliphatic heterocycles. The summed E-state index contributed by atoms with van der Waals surface area (Å²) >= 11 is 1.80. The minimum absolute atomic E-state index is 0.616. The maximum Gasteiger partial charge on any atom is 0.165 e. The summed E-state index contributed by atoms with van der Waals surface area (Å²) in [6.45, 7) is 0. The van der Waals surface area contributed by atoms with Gasteiger partial charge in [0.2, 0.25) is 0 Å². The Bertz CT molecular complexity index is 2860. The van der Waals surface area contributed by atoms with Gasteiger partial charge >= 0.3 is 0 Å². The van der Waals surface area contributed by atoms with Gasteiger partial charge in [0.15, 0.2) is 17.5 Å². The molecule has 50 heavy (non-hydrogen) atoms. The monoisotopic (exact) mass is 657 g/mol. The Morgan fingerprint density at radius 2 is 0.920 bits per heavy atom. The molecule has 0 amide bonds. The van der Waals surface area contributed by atoms with Crippen LogP contribution in [0.5, 0.6) is 0 Å². The predicted molar refractivity (Wildman–Crippen MR) is 207 cm³/mol. The summed E-state index contributed by atoms with van der Waals surface area (Å²) in [4.78, 5) is 15.5. The fourth-order valence-corrected chi connectivity index (χ4v) is 8.24. The molecular formula is C45H27N3OS. The molecule has 0 N–H and O–H groups in total. The molecular weight excluding hydrogens is 631 g/mol. The van der Waals surface area contributed by atoms with E-state index in [4.69, 9.17) is 19.4 Å². The van der Waals surface area contributed by atoms with Crippen LogP contribution >= 0.6 is 11.3 Å². The average molecular weight is 658 g/mol. The molecule has 4 nitrogen and oxygen atoms in total. The molecule has 0 aliphatic carbocycles. The lowest BCUT2D eigenvalue weighted by atomic mass is 9.97. The van der Waals surface area contributed by atoms with E-state index in [1.54, 1.807) is 11.3 Å². The highest BCUT2D eigenvalue weighted by molar-refractivity contribution is 7.26. The molecule has 10 rings (SSSR count). The molecule has 0 atom stereocenters. The van der Waals surface area contributed by atoms with Crippen LogP contribution in [0.3, 0.4) is 0 Å². The number of furan rings is 1. The van der Waals surface area contributed by atoms with Crippen LogP contribution in [0.15, 0.2) is 168 Å². The third-order valence-corrected chi connectivity index (χ3v) is 10.6. The second kappa shape index (κ2) is 11.6. The van der Waals surface area contributed by atoms with Gasteiger partial charge in [-0.05, 0) is 58.7 Å². The standard InChI is InChI=1S/C45H27N3OS/c1-4-13-28(14-5-1)32-26-37-35-21-12-20-33(29-15-6-2-7-16-29)41(35)50-42(37)38(27-32)45-47-43(30-17-8-3-9-18-30)46-44(48-45)31-23-24-40-36(25-31)34-19-10-11-22-39(34)49-40/h1-27H. The summed E-state index contributed by atoms with van der Waals surface area (Å²) in [7, 11) is 0. The Morgan fingerprint density at radius 3 is 1.70 bits per heavy atom. The maximum atomic E-state index is 6.15. The second-order valence-corrected chi connectivity index (χ2v) is 13.4. The first-order chi connectivity index (χ1) is 24.8. The second-order valence-electron chi connectivity index (χ2n) is 12.4. The molecule has 0 bridgehead atoms. The van der Waals surface area contributed by atoms with E-state index in [0.717, 1.165) is 54.5 Å². The zero-order valence-corrected chi connectivity index (χ0v) is 27.6. The van der Waals surface area contributed by atoms with Crippen LogP contribution in [-0.4, -0.2) is 15.0 Å². The quantitative estimate of drug-likeness (QED) is 0.185. The van der Waals surface area contributed by atoms with Gasteiger partial charge in [-0.15, -0.1) is 11.3 Å². The van der Waals surface area contributed by atoms with E-state index < -0.39 is 0 Å². The molecule has 0 aliphatic rings. The highest BCUT2D eigenvalue weighted by atomic mass is 32.1. The zero-order valence-electron chi connectivity index (χ0n) is 26.7. The van der Waals surface area contributed by atoms with E-state index in [1.165, 1.54) is 26.6 Å². The van der Waals surface area contributed by atoms with Crippen molar-refractivity contribution in [2.24, 2.45) is 0 Å². The lowest BCUT2D eigenvalue weighted by molar-refractivity contribution is 0.669. The smallest absolute Gasteiger partial charge is 0.165 e. The minimum atomic E-state index is 0.616. The molecule has 0 saturated carbocycles. The number of thiophene rings is 1. The highest BCUT2D eigenvalue weighted by Crippen LogP contribution is 2.45. The van der Waals surface area contributed by atoms with Crippen molar-refractivity contribution in [3.8, 4) is 56.4 Å². The molecule has 0 saturated heterocycles. The molecule has 10 aromatic rings. The Kier molecular flexibility index (Phi) is 6.64. The summed E-state index contributed by atoms with van der Waals surface area (Å²) in [6.07, 6.45) is 0. The fraction of sp³-hybridized carbons (Fsp3) is 0. The van der Waals surface area contributed by atoms with Gasteiger partial charge < -0.3 is 4.42 Å². The van der Waals surface area contributed by atoms with Crippen molar-refractivity contribution < 1.29 is 4.42 Å². The van der Waals surface area contributed by atoms with Gasteiger partial charge in [0, 0.05) is 47.6 Å². The van der Waals surface area contributed by atoms with E-state index in [-0.39, 0.29) is 0 Å². The van der Waals surface area contributed by atoms with Gasteiger partial charge in [-0.1, -0.05) is 127 Å². The van der Waals surface area contributed by atoms with E-state index in [2.05, 4.69) is 115 Å². The number of hydrogen-bond acceptors (Lipinski definition) is 5. The minimum Gasteiger partial charge on any atom is -0.456 e. The third kappa shape index (κ3) is 4.79. The third-order valence-electron chi connectivity index (χ3n) is 9.33. The van der Waals surface area contributed by atoms with Crippen LogP contribution in [0.2, 0.25) is 0 Å². The first kappa shape index (κ1) is 28.6. The lowest BCUT2D eigenvalue weighted by Crippen LogP contribution is -2.00. The fourth-order valence-electron chi connectivity index (χ4n) is 6.92. The number of benzene rings is 7. The van der Waals surface area contributed by atoms with Crippen LogP contribution in [0.4, 0.5) is 0 Å². The average Bonchev–Trinajstić information content (AvgIpc) is 3.76. The van der Waals surface area contributed by atoms with E-state index in [9.17, 15) is 0 Å². The summed E-state index contributed by atoms with van der Waals surface area (Å²) < 4.78 is 8.55. The molecule has 3 aromatic heterocycles. The van der Waals surface area contributed by atoms with Crippen molar-refractivity contribution in [3.05, 3.63) is 164 Å². The van der Waals surface area contributed by atoms with Gasteiger partial charge in [0.05, 0.1) is 0 Å². The molecule has 0 unspecified atom stereocenters. The Morgan fingerprint density at radius 1 is 0.340 bits per heavy atom. The Balaban J connectivity index is 1.26. The first-order valence-corrected chi connectivity index (χ1v) is 17.4. The zero-order chi connectivity index (χ0) is 33.0. The Hall–Kier alpha value is -6.43. The van der Waals surface area contributed by atoms with Crippen molar-refractivity contribution in [3.63, 3.8) is 0 Å². The van der Waals surface area contributed by atoms with E-state index >= 15 is 0 Å². The number of para-hydroxylation sites is 1. The molecule has 234 valence electrons. The van der Waals surface area contributed by atoms with Crippen molar-refractivity contribution in [1.29, 1.82) is 0 Å². The van der Waals surface area contributed by atoms with Gasteiger partial charge in [-0.25, -0.2) is 15.0 Å². The molecule has 5 heteroatoms. The predicted octanol–water partition coefficient (Wildman–Crippen LogP) is 12.5. The van der Waals surface area contributed by atoms with Crippen molar-refractivity contribution in [1.82, 2.24) is 15.0 Å². The molecule has 7 aromatic carbocycles. The normalized spacial score (nSPS) is 11.6. The summed E-state index contributed by atoms with van der Waals surface area (Å²) in [5.41, 5.74) is 9.20. The maximum absolute atomic E-state index is 6.15. The lowest BCUT2D eigenvalue weighted by Gasteiger charge is -2.11. The number of aromatic nitrogens is 3. The molecule has 0 fully saturated rings. The topological polar surface area (TPSA) is 51.8 Å². The number of fused-ring (bicyclic) bond motifs is 6. The summed E-state index contributed by atoms with van der Waals surface area (Å²) in [5.74, 6) is 1.89. The summed E-state index contributed by atoms with van der Waals surface area (Å²) in [6, 6.07) is 56.8. The summed E-state index contributed by atoms with van der Waals surface area (Å²) in [5, 5.41) is 4.51. The SMILES string of the molecule is c1ccc(-c2cc(-c3nc(-c4ccccc4)nc(-c4ccc5oc6ccccc6c5c4)n3)c3sc4c(-c5ccccc5)cccc4c3c2)cc1. The van der Waals surface area contributed by atoms with Gasteiger partial charge in [0.25, 0.3) is 0 Å². The van der Waals surface area contributed by atoms with Crippen LogP contribution < -0.4 is 0 Å². The highest BCUT2D eigenvalue weighted by Gasteiger charge is 2.20. The molecule has 0 radical (unpaired) electrons. The van der Waals surface area contributed by atoms with Crippen molar-refractivity contribution >= 4 is 53.4 Å².